The molecule has 1 saturated carbocycles. The minimum Gasteiger partial charge on any atom is -0.415 e. The van der Waals surface area contributed by atoms with Crippen molar-refractivity contribution in [3.8, 4) is 17.0 Å². The zero-order chi connectivity index (χ0) is 21.6. The van der Waals surface area contributed by atoms with Crippen LogP contribution in [0.2, 0.25) is 0 Å². The Morgan fingerprint density at radius 2 is 2.07 bits per heavy atom. The van der Waals surface area contributed by atoms with Gasteiger partial charge in [-0.1, -0.05) is 12.1 Å². The van der Waals surface area contributed by atoms with Crippen LogP contribution in [0.5, 0.6) is 5.88 Å². The molecule has 0 spiro atoms. The van der Waals surface area contributed by atoms with E-state index in [0.717, 1.165) is 0 Å². The number of carbonyl (C=O) groups is 1. The molecular formula is C19H18F2N4O4S. The van der Waals surface area contributed by atoms with Crippen molar-refractivity contribution >= 4 is 26.6 Å². The highest BCUT2D eigenvalue weighted by Gasteiger charge is 2.37. The van der Waals surface area contributed by atoms with Gasteiger partial charge >= 0.3 is 6.61 Å². The fraction of sp³-hybridized carbons (Fsp3) is 0.316. The van der Waals surface area contributed by atoms with Crippen LogP contribution < -0.4 is 10.1 Å². The number of aromatic nitrogens is 3. The van der Waals surface area contributed by atoms with Crippen LogP contribution in [0.1, 0.15) is 28.9 Å². The molecule has 0 saturated heterocycles. The fourth-order valence-corrected chi connectivity index (χ4v) is 5.29. The largest absolute Gasteiger partial charge is 0.415 e. The number of aromatic amines is 1. The SMILES string of the molecule is CNC(=O)c1ncc2[nH]nc(OC(F)F)c2c1-c1ccc(S(=O)(=O)C2CC2)c(C)c1. The monoisotopic (exact) mass is 436 g/mol. The number of sulfone groups is 1. The third-order valence-corrected chi connectivity index (χ3v) is 7.37. The number of H-pyrrole nitrogens is 1. The highest BCUT2D eigenvalue weighted by molar-refractivity contribution is 7.92. The predicted molar refractivity (Wildman–Crippen MR) is 104 cm³/mol. The van der Waals surface area contributed by atoms with E-state index in [1.54, 1.807) is 13.0 Å². The van der Waals surface area contributed by atoms with E-state index in [1.165, 1.54) is 25.4 Å². The molecule has 0 atom stereocenters. The molecule has 158 valence electrons. The summed E-state index contributed by atoms with van der Waals surface area (Å²) in [5.74, 6) is -0.918. The van der Waals surface area contributed by atoms with Gasteiger partial charge in [0, 0.05) is 12.6 Å². The molecule has 1 aliphatic rings. The van der Waals surface area contributed by atoms with E-state index < -0.39 is 22.4 Å². The van der Waals surface area contributed by atoms with Crippen molar-refractivity contribution < 1.29 is 26.7 Å². The van der Waals surface area contributed by atoms with Gasteiger partial charge in [0.1, 0.15) is 5.69 Å². The molecule has 1 fully saturated rings. The van der Waals surface area contributed by atoms with Crippen molar-refractivity contribution in [3.63, 3.8) is 0 Å². The van der Waals surface area contributed by atoms with E-state index in [0.29, 0.717) is 29.5 Å². The number of fused-ring (bicyclic) bond motifs is 1. The van der Waals surface area contributed by atoms with E-state index in [1.807, 2.05) is 0 Å². The number of ether oxygens (including phenoxy) is 1. The molecule has 1 amide bonds. The number of benzene rings is 1. The Hall–Kier alpha value is -3.08. The number of hydrogen-bond donors (Lipinski definition) is 2. The number of nitrogens with one attached hydrogen (secondary N) is 2. The predicted octanol–water partition coefficient (Wildman–Crippen LogP) is 2.83. The summed E-state index contributed by atoms with van der Waals surface area (Å²) in [6, 6.07) is 4.60. The van der Waals surface area contributed by atoms with Gasteiger partial charge in [0.15, 0.2) is 9.84 Å². The number of halogens is 2. The lowest BCUT2D eigenvalue weighted by Crippen LogP contribution is -2.20. The first-order valence-corrected chi connectivity index (χ1v) is 10.7. The number of carbonyl (C=O) groups excluding carboxylic acids is 1. The van der Waals surface area contributed by atoms with Crippen LogP contribution in [0.25, 0.3) is 22.0 Å². The first-order valence-electron chi connectivity index (χ1n) is 9.13. The second-order valence-electron chi connectivity index (χ2n) is 6.98. The van der Waals surface area contributed by atoms with Crippen LogP contribution in [0.4, 0.5) is 8.78 Å². The van der Waals surface area contributed by atoms with E-state index in [-0.39, 0.29) is 32.7 Å². The highest BCUT2D eigenvalue weighted by atomic mass is 32.2. The summed E-state index contributed by atoms with van der Waals surface area (Å²) in [5, 5.41) is 8.58. The van der Waals surface area contributed by atoms with E-state index >= 15 is 0 Å². The van der Waals surface area contributed by atoms with Crippen LogP contribution in [0, 0.1) is 6.92 Å². The minimum absolute atomic E-state index is 0.0253. The molecule has 30 heavy (non-hydrogen) atoms. The molecule has 0 radical (unpaired) electrons. The summed E-state index contributed by atoms with van der Waals surface area (Å²) < 4.78 is 55.5. The Kier molecular flexibility index (Phi) is 4.92. The number of alkyl halides is 2. The first-order chi connectivity index (χ1) is 14.2. The maximum Gasteiger partial charge on any atom is 0.388 e. The number of pyridine rings is 1. The number of aryl methyl sites for hydroxylation is 1. The molecule has 0 unspecified atom stereocenters. The van der Waals surface area contributed by atoms with Crippen LogP contribution >= 0.6 is 0 Å². The number of rotatable bonds is 6. The Morgan fingerprint density at radius 1 is 1.33 bits per heavy atom. The smallest absolute Gasteiger partial charge is 0.388 e. The van der Waals surface area contributed by atoms with Gasteiger partial charge in [0.2, 0.25) is 5.88 Å². The van der Waals surface area contributed by atoms with Crippen LogP contribution in [-0.2, 0) is 9.84 Å². The molecule has 1 aromatic carbocycles. The molecule has 2 aromatic heterocycles. The van der Waals surface area contributed by atoms with E-state index in [2.05, 4.69) is 25.2 Å². The molecule has 8 nitrogen and oxygen atoms in total. The normalized spacial score (nSPS) is 14.3. The Balaban J connectivity index is 1.95. The fourth-order valence-electron chi connectivity index (χ4n) is 3.41. The van der Waals surface area contributed by atoms with Gasteiger partial charge < -0.3 is 10.1 Å². The van der Waals surface area contributed by atoms with Crippen LogP contribution in [-0.4, -0.2) is 48.4 Å². The van der Waals surface area contributed by atoms with Crippen molar-refractivity contribution in [2.45, 2.75) is 36.5 Å². The third kappa shape index (κ3) is 3.38. The van der Waals surface area contributed by atoms with Crippen molar-refractivity contribution in [1.82, 2.24) is 20.5 Å². The van der Waals surface area contributed by atoms with Gasteiger partial charge in [0.25, 0.3) is 5.91 Å². The van der Waals surface area contributed by atoms with Crippen molar-refractivity contribution in [2.24, 2.45) is 0 Å². The Bertz CT molecular complexity index is 1250. The van der Waals surface area contributed by atoms with Gasteiger partial charge in [0.05, 0.1) is 27.2 Å². The van der Waals surface area contributed by atoms with Crippen molar-refractivity contribution in [3.05, 3.63) is 35.7 Å². The van der Waals surface area contributed by atoms with Crippen LogP contribution in [0.15, 0.2) is 29.3 Å². The molecule has 0 aliphatic heterocycles. The number of amides is 1. The average molecular weight is 436 g/mol. The summed E-state index contributed by atoms with van der Waals surface area (Å²) in [4.78, 5) is 16.8. The minimum atomic E-state index is -3.42. The lowest BCUT2D eigenvalue weighted by molar-refractivity contribution is -0.0518. The zero-order valence-electron chi connectivity index (χ0n) is 16.1. The van der Waals surface area contributed by atoms with Gasteiger partial charge in [-0.15, -0.1) is 5.10 Å². The Morgan fingerprint density at radius 3 is 2.67 bits per heavy atom. The molecule has 2 heterocycles. The van der Waals surface area contributed by atoms with Gasteiger partial charge in [-0.2, -0.15) is 8.78 Å². The zero-order valence-corrected chi connectivity index (χ0v) is 16.9. The summed E-state index contributed by atoms with van der Waals surface area (Å²) in [6.45, 7) is -1.47. The number of nitrogens with zero attached hydrogens (tertiary/aromatic N) is 2. The maximum atomic E-state index is 12.9. The summed E-state index contributed by atoms with van der Waals surface area (Å²) in [6.07, 6.45) is 2.57. The summed E-state index contributed by atoms with van der Waals surface area (Å²) >= 11 is 0. The Labute approximate surface area is 170 Å². The second-order valence-corrected chi connectivity index (χ2v) is 9.18. The molecule has 2 N–H and O–H groups in total. The third-order valence-electron chi connectivity index (χ3n) is 4.95. The maximum absolute atomic E-state index is 12.9. The first kappa shape index (κ1) is 20.2. The summed E-state index contributed by atoms with van der Waals surface area (Å²) in [7, 11) is -2.00. The lowest BCUT2D eigenvalue weighted by Gasteiger charge is -2.13. The summed E-state index contributed by atoms with van der Waals surface area (Å²) in [5.41, 5.74) is 1.40. The average Bonchev–Trinajstić information content (AvgIpc) is 3.49. The van der Waals surface area contributed by atoms with Gasteiger partial charge in [-0.05, 0) is 37.0 Å². The molecule has 3 aromatic rings. The second kappa shape index (κ2) is 7.31. The van der Waals surface area contributed by atoms with E-state index in [9.17, 15) is 22.0 Å². The molecule has 0 bridgehead atoms. The van der Waals surface area contributed by atoms with Crippen LogP contribution in [0.3, 0.4) is 0 Å². The van der Waals surface area contributed by atoms with Crippen molar-refractivity contribution in [1.29, 1.82) is 0 Å². The number of hydrogen-bond acceptors (Lipinski definition) is 6. The topological polar surface area (TPSA) is 114 Å². The highest BCUT2D eigenvalue weighted by Crippen LogP contribution is 2.39. The standard InChI is InChI=1S/C19H18F2N4O4S/c1-9-7-10(3-6-13(9)30(27,28)11-4-5-11)14-15-12(8-23-16(14)17(26)22-2)24-25-18(15)29-19(20)21/h3,6-8,11,19H,4-5H2,1-2H3,(H,22,26)(H,24,25). The van der Waals surface area contributed by atoms with E-state index in [4.69, 9.17) is 0 Å². The quantitative estimate of drug-likeness (QED) is 0.614. The van der Waals surface area contributed by atoms with Gasteiger partial charge in [-0.25, -0.2) is 13.4 Å². The van der Waals surface area contributed by atoms with Gasteiger partial charge in [-0.3, -0.25) is 9.89 Å². The molecule has 1 aliphatic carbocycles. The van der Waals surface area contributed by atoms with Crippen molar-refractivity contribution in [2.75, 3.05) is 7.05 Å². The molecular weight excluding hydrogens is 418 g/mol. The molecule has 4 rings (SSSR count). The molecule has 11 heteroatoms. The lowest BCUT2D eigenvalue weighted by atomic mass is 9.98.